The van der Waals surface area contributed by atoms with Crippen LogP contribution in [0.4, 0.5) is 0 Å². The van der Waals surface area contributed by atoms with Crippen molar-refractivity contribution in [2.45, 2.75) is 31.4 Å². The van der Waals surface area contributed by atoms with Crippen LogP contribution in [0.1, 0.15) is 24.1 Å². The van der Waals surface area contributed by atoms with Crippen molar-refractivity contribution < 1.29 is 5.11 Å². The Morgan fingerprint density at radius 2 is 1.77 bits per heavy atom. The van der Waals surface area contributed by atoms with Gasteiger partial charge in [0.1, 0.15) is 5.15 Å². The lowest BCUT2D eigenvalue weighted by Crippen LogP contribution is -2.45. The second-order valence-corrected chi connectivity index (χ2v) is 6.50. The summed E-state index contributed by atoms with van der Waals surface area (Å²) >= 11 is 5.92. The monoisotopic (exact) mass is 316 g/mol. The van der Waals surface area contributed by atoms with Crippen molar-refractivity contribution in [2.24, 2.45) is 0 Å². The van der Waals surface area contributed by atoms with E-state index in [0.29, 0.717) is 11.6 Å². The third kappa shape index (κ3) is 4.07. The first-order valence-corrected chi connectivity index (χ1v) is 8.11. The molecule has 0 unspecified atom stereocenters. The highest BCUT2D eigenvalue weighted by Gasteiger charge is 2.32. The zero-order valence-corrected chi connectivity index (χ0v) is 13.3. The van der Waals surface area contributed by atoms with Crippen molar-refractivity contribution in [2.75, 3.05) is 13.1 Å². The molecule has 0 aliphatic carbocycles. The molecule has 3 nitrogen and oxygen atoms in total. The van der Waals surface area contributed by atoms with E-state index in [9.17, 15) is 5.11 Å². The van der Waals surface area contributed by atoms with Crippen LogP contribution in [-0.4, -0.2) is 33.7 Å². The minimum atomic E-state index is -0.662. The van der Waals surface area contributed by atoms with Crippen LogP contribution >= 0.6 is 11.6 Å². The first-order valence-electron chi connectivity index (χ1n) is 7.73. The lowest BCUT2D eigenvalue weighted by molar-refractivity contribution is -0.0231. The molecule has 2 heterocycles. The molecule has 0 spiro atoms. The summed E-state index contributed by atoms with van der Waals surface area (Å²) in [5, 5.41) is 11.3. The molecule has 4 heteroatoms. The summed E-state index contributed by atoms with van der Waals surface area (Å²) in [7, 11) is 0. The van der Waals surface area contributed by atoms with Gasteiger partial charge in [-0.15, -0.1) is 0 Å². The maximum Gasteiger partial charge on any atom is 0.129 e. The number of aliphatic hydroxyl groups is 1. The smallest absolute Gasteiger partial charge is 0.129 e. The second-order valence-electron chi connectivity index (χ2n) is 6.11. The van der Waals surface area contributed by atoms with E-state index in [0.717, 1.165) is 38.2 Å². The summed E-state index contributed by atoms with van der Waals surface area (Å²) in [5.41, 5.74) is 1.53. The Morgan fingerprint density at radius 1 is 1.05 bits per heavy atom. The molecule has 1 N–H and O–H groups in total. The molecule has 1 fully saturated rings. The van der Waals surface area contributed by atoms with E-state index in [-0.39, 0.29) is 0 Å². The van der Waals surface area contributed by atoms with Crippen molar-refractivity contribution in [3.05, 3.63) is 64.9 Å². The van der Waals surface area contributed by atoms with Crippen LogP contribution in [0.15, 0.2) is 48.5 Å². The molecule has 0 bridgehead atoms. The SMILES string of the molecule is OC1(Cc2cccc(Cl)n2)CCN(Cc2ccccc2)CC1. The van der Waals surface area contributed by atoms with Crippen LogP contribution in [0.2, 0.25) is 5.15 Å². The largest absolute Gasteiger partial charge is 0.389 e. The van der Waals surface area contributed by atoms with Gasteiger partial charge in [0.2, 0.25) is 0 Å². The van der Waals surface area contributed by atoms with Crippen LogP contribution in [0, 0.1) is 0 Å². The minimum Gasteiger partial charge on any atom is -0.389 e. The van der Waals surface area contributed by atoms with Gasteiger partial charge in [0.15, 0.2) is 0 Å². The highest BCUT2D eigenvalue weighted by molar-refractivity contribution is 6.29. The Labute approximate surface area is 136 Å². The number of hydrogen-bond donors (Lipinski definition) is 1. The summed E-state index contributed by atoms with van der Waals surface area (Å²) in [6.45, 7) is 2.77. The van der Waals surface area contributed by atoms with E-state index in [1.807, 2.05) is 18.2 Å². The summed E-state index contributed by atoms with van der Waals surface area (Å²) in [6.07, 6.45) is 2.12. The molecule has 0 saturated carbocycles. The zero-order chi connectivity index (χ0) is 15.4. The zero-order valence-electron chi connectivity index (χ0n) is 12.6. The van der Waals surface area contributed by atoms with E-state index >= 15 is 0 Å². The molecular formula is C18H21ClN2O. The molecule has 0 radical (unpaired) electrons. The maximum atomic E-state index is 10.8. The predicted molar refractivity (Wildman–Crippen MR) is 88.9 cm³/mol. The van der Waals surface area contributed by atoms with Gasteiger partial charge in [0.05, 0.1) is 5.60 Å². The molecule has 1 aromatic heterocycles. The number of nitrogens with zero attached hydrogens (tertiary/aromatic N) is 2. The Bertz CT molecular complexity index is 609. The summed E-state index contributed by atoms with van der Waals surface area (Å²) in [6, 6.07) is 16.1. The maximum absolute atomic E-state index is 10.8. The molecule has 2 aromatic rings. The molecule has 1 aromatic carbocycles. The van der Waals surface area contributed by atoms with Gasteiger partial charge in [-0.3, -0.25) is 4.90 Å². The van der Waals surface area contributed by atoms with Crippen LogP contribution in [-0.2, 0) is 13.0 Å². The number of likely N-dealkylation sites (tertiary alicyclic amines) is 1. The van der Waals surface area contributed by atoms with Crippen molar-refractivity contribution in [3.8, 4) is 0 Å². The number of benzene rings is 1. The molecule has 22 heavy (non-hydrogen) atoms. The van der Waals surface area contributed by atoms with Crippen molar-refractivity contribution >= 4 is 11.6 Å². The molecule has 3 rings (SSSR count). The Hall–Kier alpha value is -1.42. The van der Waals surface area contributed by atoms with Crippen molar-refractivity contribution in [1.82, 2.24) is 9.88 Å². The van der Waals surface area contributed by atoms with Gasteiger partial charge in [0.25, 0.3) is 0 Å². The lowest BCUT2D eigenvalue weighted by atomic mass is 9.86. The fraction of sp³-hybridized carbons (Fsp3) is 0.389. The van der Waals surface area contributed by atoms with Gasteiger partial charge in [0, 0.05) is 31.7 Å². The summed E-state index contributed by atoms with van der Waals surface area (Å²) < 4.78 is 0. The van der Waals surface area contributed by atoms with Gasteiger partial charge < -0.3 is 5.11 Å². The highest BCUT2D eigenvalue weighted by atomic mass is 35.5. The molecule has 1 aliphatic heterocycles. The fourth-order valence-electron chi connectivity index (χ4n) is 3.03. The Balaban J connectivity index is 1.56. The van der Waals surface area contributed by atoms with E-state index in [4.69, 9.17) is 11.6 Å². The van der Waals surface area contributed by atoms with E-state index < -0.39 is 5.60 Å². The van der Waals surface area contributed by atoms with Crippen LogP contribution in [0.25, 0.3) is 0 Å². The van der Waals surface area contributed by atoms with E-state index in [2.05, 4.69) is 34.1 Å². The average Bonchev–Trinajstić information content (AvgIpc) is 2.51. The van der Waals surface area contributed by atoms with Gasteiger partial charge in [-0.05, 0) is 30.5 Å². The number of rotatable bonds is 4. The lowest BCUT2D eigenvalue weighted by Gasteiger charge is -2.38. The Morgan fingerprint density at radius 3 is 2.45 bits per heavy atom. The molecule has 0 amide bonds. The highest BCUT2D eigenvalue weighted by Crippen LogP contribution is 2.27. The first-order chi connectivity index (χ1) is 10.6. The average molecular weight is 317 g/mol. The molecule has 0 atom stereocenters. The number of pyridine rings is 1. The number of halogens is 1. The standard InChI is InChI=1S/C18H21ClN2O/c19-17-8-4-7-16(20-17)13-18(22)9-11-21(12-10-18)14-15-5-2-1-3-6-15/h1-8,22H,9-14H2. The summed E-state index contributed by atoms with van der Waals surface area (Å²) in [4.78, 5) is 6.69. The fourth-order valence-corrected chi connectivity index (χ4v) is 3.21. The van der Waals surface area contributed by atoms with Gasteiger partial charge in [-0.1, -0.05) is 48.0 Å². The van der Waals surface area contributed by atoms with Gasteiger partial charge in [-0.2, -0.15) is 0 Å². The minimum absolute atomic E-state index is 0.489. The topological polar surface area (TPSA) is 36.4 Å². The third-order valence-electron chi connectivity index (χ3n) is 4.32. The van der Waals surface area contributed by atoms with Crippen molar-refractivity contribution in [3.63, 3.8) is 0 Å². The second kappa shape index (κ2) is 6.78. The molecular weight excluding hydrogens is 296 g/mol. The summed E-state index contributed by atoms with van der Waals surface area (Å²) in [5.74, 6) is 0. The van der Waals surface area contributed by atoms with Crippen LogP contribution in [0.3, 0.4) is 0 Å². The van der Waals surface area contributed by atoms with E-state index in [1.54, 1.807) is 6.07 Å². The Kier molecular flexibility index (Phi) is 4.77. The number of aromatic nitrogens is 1. The number of piperidine rings is 1. The van der Waals surface area contributed by atoms with E-state index in [1.165, 1.54) is 5.56 Å². The van der Waals surface area contributed by atoms with Crippen LogP contribution in [0.5, 0.6) is 0 Å². The predicted octanol–water partition coefficient (Wildman–Crippen LogP) is 3.30. The molecule has 1 aliphatic rings. The van der Waals surface area contributed by atoms with Gasteiger partial charge in [-0.25, -0.2) is 4.98 Å². The van der Waals surface area contributed by atoms with Crippen molar-refractivity contribution in [1.29, 1.82) is 0 Å². The number of hydrogen-bond acceptors (Lipinski definition) is 3. The molecule has 116 valence electrons. The first kappa shape index (κ1) is 15.5. The third-order valence-corrected chi connectivity index (χ3v) is 4.53. The molecule has 1 saturated heterocycles. The van der Waals surface area contributed by atoms with Gasteiger partial charge >= 0.3 is 0 Å². The normalized spacial score (nSPS) is 18.3. The quantitative estimate of drug-likeness (QED) is 0.879. The van der Waals surface area contributed by atoms with Crippen LogP contribution < -0.4 is 0 Å².